The van der Waals surface area contributed by atoms with Gasteiger partial charge in [0.1, 0.15) is 10.5 Å². The summed E-state index contributed by atoms with van der Waals surface area (Å²) in [5, 5.41) is 8.82. The van der Waals surface area contributed by atoms with Gasteiger partial charge >= 0.3 is 0 Å². The van der Waals surface area contributed by atoms with Crippen LogP contribution in [0.1, 0.15) is 5.56 Å². The largest absolute Gasteiger partial charge is 0.147 e. The van der Waals surface area contributed by atoms with Gasteiger partial charge in [-0.1, -0.05) is 35.6 Å². The molecule has 1 aromatic carbocycles. The molecule has 0 atom stereocenters. The summed E-state index contributed by atoms with van der Waals surface area (Å²) in [5.41, 5.74) is 4.18. The van der Waals surface area contributed by atoms with Crippen molar-refractivity contribution in [3.63, 3.8) is 0 Å². The van der Waals surface area contributed by atoms with Crippen LogP contribution in [0, 0.1) is 6.92 Å². The molecule has 0 bridgehead atoms. The van der Waals surface area contributed by atoms with Crippen LogP contribution in [0.25, 0.3) is 10.6 Å². The van der Waals surface area contributed by atoms with Crippen LogP contribution in [0.3, 0.4) is 0 Å². The average molecular weight is 176 g/mol. The van der Waals surface area contributed by atoms with Crippen molar-refractivity contribution >= 4 is 11.3 Å². The predicted molar refractivity (Wildman–Crippen MR) is 50.1 cm³/mol. The molecule has 0 aliphatic rings. The van der Waals surface area contributed by atoms with E-state index in [2.05, 4.69) is 29.3 Å². The second kappa shape index (κ2) is 3.03. The first-order valence-corrected chi connectivity index (χ1v) is 4.58. The van der Waals surface area contributed by atoms with E-state index >= 15 is 0 Å². The van der Waals surface area contributed by atoms with E-state index in [0.717, 1.165) is 5.01 Å². The molecule has 2 aromatic rings. The van der Waals surface area contributed by atoms with Crippen molar-refractivity contribution in [2.24, 2.45) is 0 Å². The summed E-state index contributed by atoms with van der Waals surface area (Å²) in [6.07, 6.45) is 0. The summed E-state index contributed by atoms with van der Waals surface area (Å²) < 4.78 is 0. The second-order valence-electron chi connectivity index (χ2n) is 2.56. The van der Waals surface area contributed by atoms with Crippen molar-refractivity contribution in [1.82, 2.24) is 10.2 Å². The van der Waals surface area contributed by atoms with Crippen LogP contribution in [0.4, 0.5) is 0 Å². The molecule has 0 aliphatic heterocycles. The Bertz CT molecular complexity index is 368. The van der Waals surface area contributed by atoms with Crippen LogP contribution >= 0.6 is 11.3 Å². The normalized spacial score (nSPS) is 10.1. The first-order valence-electron chi connectivity index (χ1n) is 3.70. The van der Waals surface area contributed by atoms with Gasteiger partial charge < -0.3 is 0 Å². The molecule has 0 saturated carbocycles. The van der Waals surface area contributed by atoms with Gasteiger partial charge in [-0.05, 0) is 12.5 Å². The zero-order valence-electron chi connectivity index (χ0n) is 6.69. The van der Waals surface area contributed by atoms with E-state index in [1.165, 1.54) is 11.1 Å². The highest BCUT2D eigenvalue weighted by atomic mass is 32.1. The van der Waals surface area contributed by atoms with Crippen LogP contribution in [-0.4, -0.2) is 10.2 Å². The van der Waals surface area contributed by atoms with Gasteiger partial charge in [0, 0.05) is 5.56 Å². The molecule has 0 saturated heterocycles. The molecule has 1 heterocycles. The predicted octanol–water partition coefficient (Wildman–Crippen LogP) is 2.51. The van der Waals surface area contributed by atoms with Gasteiger partial charge in [-0.2, -0.15) is 0 Å². The molecular formula is C9H8N2S. The third-order valence-corrected chi connectivity index (χ3v) is 2.46. The number of hydrogen-bond acceptors (Lipinski definition) is 3. The molecule has 0 N–H and O–H groups in total. The zero-order valence-corrected chi connectivity index (χ0v) is 7.51. The highest BCUT2D eigenvalue weighted by molar-refractivity contribution is 7.12. The summed E-state index contributed by atoms with van der Waals surface area (Å²) in [4.78, 5) is 0. The second-order valence-corrected chi connectivity index (χ2v) is 3.39. The number of hydrogen-bond donors (Lipinski definition) is 0. The standard InChI is InChI=1S/C9H8N2S/c1-7-4-2-3-5-8(7)9-11-10-6-12-9/h2-6H,1H3. The summed E-state index contributed by atoms with van der Waals surface area (Å²) in [5.74, 6) is 0. The third-order valence-electron chi connectivity index (χ3n) is 1.74. The molecule has 0 amide bonds. The Morgan fingerprint density at radius 2 is 2.08 bits per heavy atom. The summed E-state index contributed by atoms with van der Waals surface area (Å²) in [7, 11) is 0. The minimum atomic E-state index is 0.994. The molecule has 1 aromatic heterocycles. The van der Waals surface area contributed by atoms with Crippen LogP contribution in [0.5, 0.6) is 0 Å². The fourth-order valence-electron chi connectivity index (χ4n) is 1.10. The van der Waals surface area contributed by atoms with Crippen molar-refractivity contribution in [2.75, 3.05) is 0 Å². The lowest BCUT2D eigenvalue weighted by Crippen LogP contribution is -1.80. The van der Waals surface area contributed by atoms with E-state index < -0.39 is 0 Å². The highest BCUT2D eigenvalue weighted by Gasteiger charge is 2.02. The molecule has 0 unspecified atom stereocenters. The van der Waals surface area contributed by atoms with E-state index in [1.807, 2.05) is 12.1 Å². The van der Waals surface area contributed by atoms with Crippen molar-refractivity contribution in [3.05, 3.63) is 35.3 Å². The summed E-state index contributed by atoms with van der Waals surface area (Å²) >= 11 is 1.57. The van der Waals surface area contributed by atoms with Crippen LogP contribution < -0.4 is 0 Å². The van der Waals surface area contributed by atoms with Gasteiger partial charge in [0.2, 0.25) is 0 Å². The molecule has 0 spiro atoms. The van der Waals surface area contributed by atoms with Crippen LogP contribution in [0.2, 0.25) is 0 Å². The number of benzene rings is 1. The minimum absolute atomic E-state index is 0.994. The Morgan fingerprint density at radius 3 is 2.75 bits per heavy atom. The molecule has 2 nitrogen and oxygen atoms in total. The average Bonchev–Trinajstić information content (AvgIpc) is 2.57. The van der Waals surface area contributed by atoms with E-state index in [4.69, 9.17) is 0 Å². The first-order chi connectivity index (χ1) is 5.88. The fourth-order valence-corrected chi connectivity index (χ4v) is 1.75. The molecular weight excluding hydrogens is 168 g/mol. The lowest BCUT2D eigenvalue weighted by Gasteiger charge is -1.98. The van der Waals surface area contributed by atoms with Crippen molar-refractivity contribution in [1.29, 1.82) is 0 Å². The maximum absolute atomic E-state index is 4.02. The Labute approximate surface area is 74.9 Å². The number of rotatable bonds is 1. The number of aryl methyl sites for hydroxylation is 1. The smallest absolute Gasteiger partial charge is 0.147 e. The molecule has 0 fully saturated rings. The van der Waals surface area contributed by atoms with Gasteiger partial charge in [0.05, 0.1) is 0 Å². The maximum atomic E-state index is 4.02. The molecule has 3 heteroatoms. The summed E-state index contributed by atoms with van der Waals surface area (Å²) in [6.45, 7) is 2.08. The molecule has 0 aliphatic carbocycles. The zero-order chi connectivity index (χ0) is 8.39. The number of aromatic nitrogens is 2. The summed E-state index contributed by atoms with van der Waals surface area (Å²) in [6, 6.07) is 8.19. The lowest BCUT2D eigenvalue weighted by atomic mass is 10.1. The quantitative estimate of drug-likeness (QED) is 0.667. The minimum Gasteiger partial charge on any atom is -0.147 e. The van der Waals surface area contributed by atoms with E-state index in [-0.39, 0.29) is 0 Å². The molecule has 60 valence electrons. The van der Waals surface area contributed by atoms with Gasteiger partial charge in [-0.15, -0.1) is 10.2 Å². The van der Waals surface area contributed by atoms with Crippen LogP contribution in [0.15, 0.2) is 29.8 Å². The number of nitrogens with zero attached hydrogens (tertiary/aromatic N) is 2. The SMILES string of the molecule is Cc1ccccc1-c1nncs1. The van der Waals surface area contributed by atoms with Gasteiger partial charge in [-0.3, -0.25) is 0 Å². The maximum Gasteiger partial charge on any atom is 0.147 e. The topological polar surface area (TPSA) is 25.8 Å². The van der Waals surface area contributed by atoms with Gasteiger partial charge in [-0.25, -0.2) is 0 Å². The Balaban J connectivity index is 2.55. The van der Waals surface area contributed by atoms with E-state index in [0.29, 0.717) is 0 Å². The van der Waals surface area contributed by atoms with Gasteiger partial charge in [0.25, 0.3) is 0 Å². The van der Waals surface area contributed by atoms with Crippen molar-refractivity contribution in [3.8, 4) is 10.6 Å². The monoisotopic (exact) mass is 176 g/mol. The van der Waals surface area contributed by atoms with Crippen LogP contribution in [-0.2, 0) is 0 Å². The molecule has 0 radical (unpaired) electrons. The van der Waals surface area contributed by atoms with Crippen molar-refractivity contribution < 1.29 is 0 Å². The van der Waals surface area contributed by atoms with E-state index in [9.17, 15) is 0 Å². The fraction of sp³-hybridized carbons (Fsp3) is 0.111. The highest BCUT2D eigenvalue weighted by Crippen LogP contribution is 2.23. The molecule has 2 rings (SSSR count). The Hall–Kier alpha value is -1.22. The molecule has 12 heavy (non-hydrogen) atoms. The lowest BCUT2D eigenvalue weighted by molar-refractivity contribution is 1.09. The van der Waals surface area contributed by atoms with E-state index in [1.54, 1.807) is 16.8 Å². The van der Waals surface area contributed by atoms with Crippen molar-refractivity contribution in [2.45, 2.75) is 6.92 Å². The van der Waals surface area contributed by atoms with Gasteiger partial charge in [0.15, 0.2) is 0 Å². The Kier molecular flexibility index (Phi) is 1.87. The Morgan fingerprint density at radius 1 is 1.25 bits per heavy atom. The third kappa shape index (κ3) is 1.23. The first kappa shape index (κ1) is 7.43.